The van der Waals surface area contributed by atoms with E-state index in [1.54, 1.807) is 0 Å². The molecule has 1 heterocycles. The fourth-order valence-electron chi connectivity index (χ4n) is 0.778. The second kappa shape index (κ2) is 2.46. The summed E-state index contributed by atoms with van der Waals surface area (Å²) < 4.78 is 5.02. The van der Waals surface area contributed by atoms with Gasteiger partial charge in [-0.3, -0.25) is 0 Å². The van der Waals surface area contributed by atoms with Gasteiger partial charge in [-0.15, -0.1) is 0 Å². The van der Waals surface area contributed by atoms with Crippen LogP contribution < -0.4 is 5.32 Å². The first-order valence-corrected chi connectivity index (χ1v) is 3.09. The molecule has 0 aromatic rings. The molecule has 1 atom stereocenters. The summed E-state index contributed by atoms with van der Waals surface area (Å²) in [6.07, 6.45) is 0. The van der Waals surface area contributed by atoms with Gasteiger partial charge in [0.2, 0.25) is 0 Å². The third kappa shape index (κ3) is 1.01. The van der Waals surface area contributed by atoms with E-state index in [1.807, 2.05) is 7.05 Å². The average Bonchev–Trinajstić information content (AvgIpc) is 1.62. The molecule has 1 unspecified atom stereocenters. The smallest absolute Gasteiger partial charge is 0.0531 e. The first-order chi connectivity index (χ1) is 3.84. The lowest BCUT2D eigenvalue weighted by Crippen LogP contribution is -2.42. The summed E-state index contributed by atoms with van der Waals surface area (Å²) in [5, 5.41) is 3.19. The van der Waals surface area contributed by atoms with Crippen LogP contribution in [-0.2, 0) is 4.74 Å². The zero-order chi connectivity index (χ0) is 5.98. The molecule has 0 aromatic carbocycles. The minimum Gasteiger partial charge on any atom is -0.381 e. The Labute approximate surface area is 50.2 Å². The van der Waals surface area contributed by atoms with E-state index in [1.165, 1.54) is 0 Å². The summed E-state index contributed by atoms with van der Waals surface area (Å²) in [5.74, 6) is 0.764. The SMILES string of the molecule is CNC(C)C1COC1. The lowest BCUT2D eigenvalue weighted by Gasteiger charge is -2.31. The fourth-order valence-corrected chi connectivity index (χ4v) is 0.778. The Kier molecular flexibility index (Phi) is 1.86. The first-order valence-electron chi connectivity index (χ1n) is 3.09. The van der Waals surface area contributed by atoms with Gasteiger partial charge in [-0.1, -0.05) is 0 Å². The molecule has 1 saturated heterocycles. The quantitative estimate of drug-likeness (QED) is 0.556. The van der Waals surface area contributed by atoms with Gasteiger partial charge in [-0.05, 0) is 14.0 Å². The molecule has 0 bridgehead atoms. The standard InChI is InChI=1S/C6H13NO/c1-5(7-2)6-3-8-4-6/h5-7H,3-4H2,1-2H3. The molecule has 1 rings (SSSR count). The van der Waals surface area contributed by atoms with E-state index in [2.05, 4.69) is 12.2 Å². The maximum atomic E-state index is 5.02. The summed E-state index contributed by atoms with van der Waals surface area (Å²) in [5.41, 5.74) is 0. The number of ether oxygens (including phenoxy) is 1. The predicted octanol–water partition coefficient (Wildman–Crippen LogP) is 0.241. The van der Waals surface area contributed by atoms with Crippen LogP contribution in [0.1, 0.15) is 6.92 Å². The molecule has 0 saturated carbocycles. The Bertz CT molecular complexity index is 68.2. The van der Waals surface area contributed by atoms with Crippen molar-refractivity contribution in [3.05, 3.63) is 0 Å². The Morgan fingerprint density at radius 2 is 2.25 bits per heavy atom. The molecule has 48 valence electrons. The molecule has 0 amide bonds. The molecule has 1 N–H and O–H groups in total. The van der Waals surface area contributed by atoms with Gasteiger partial charge in [0.1, 0.15) is 0 Å². The van der Waals surface area contributed by atoms with Crippen LogP contribution in [0.3, 0.4) is 0 Å². The average molecular weight is 115 g/mol. The number of hydrogen-bond acceptors (Lipinski definition) is 2. The Balaban J connectivity index is 2.13. The van der Waals surface area contributed by atoms with E-state index >= 15 is 0 Å². The molecule has 1 aliphatic heterocycles. The number of rotatable bonds is 2. The summed E-state index contributed by atoms with van der Waals surface area (Å²) in [4.78, 5) is 0. The van der Waals surface area contributed by atoms with Crippen molar-refractivity contribution in [2.75, 3.05) is 20.3 Å². The summed E-state index contributed by atoms with van der Waals surface area (Å²) >= 11 is 0. The van der Waals surface area contributed by atoms with Gasteiger partial charge in [0.05, 0.1) is 13.2 Å². The van der Waals surface area contributed by atoms with Crippen LogP contribution in [0.15, 0.2) is 0 Å². The third-order valence-corrected chi connectivity index (χ3v) is 1.83. The summed E-state index contributed by atoms with van der Waals surface area (Å²) in [6, 6.07) is 0.628. The minimum atomic E-state index is 0.628. The molecule has 2 nitrogen and oxygen atoms in total. The largest absolute Gasteiger partial charge is 0.381 e. The van der Waals surface area contributed by atoms with E-state index in [0.717, 1.165) is 19.1 Å². The molecule has 0 radical (unpaired) electrons. The molecule has 1 fully saturated rings. The third-order valence-electron chi connectivity index (χ3n) is 1.83. The van der Waals surface area contributed by atoms with Crippen LogP contribution >= 0.6 is 0 Å². The van der Waals surface area contributed by atoms with Crippen molar-refractivity contribution in [1.82, 2.24) is 5.32 Å². The monoisotopic (exact) mass is 115 g/mol. The maximum Gasteiger partial charge on any atom is 0.0531 e. The highest BCUT2D eigenvalue weighted by atomic mass is 16.5. The Morgan fingerprint density at radius 1 is 1.62 bits per heavy atom. The normalized spacial score (nSPS) is 24.8. The number of nitrogens with one attached hydrogen (secondary N) is 1. The van der Waals surface area contributed by atoms with Crippen LogP contribution in [-0.4, -0.2) is 26.3 Å². The number of hydrogen-bond donors (Lipinski definition) is 1. The van der Waals surface area contributed by atoms with Crippen molar-refractivity contribution in [3.63, 3.8) is 0 Å². The molecule has 8 heavy (non-hydrogen) atoms. The van der Waals surface area contributed by atoms with Crippen LogP contribution in [0.4, 0.5) is 0 Å². The molecule has 0 aliphatic carbocycles. The van der Waals surface area contributed by atoms with E-state index < -0.39 is 0 Å². The highest BCUT2D eigenvalue weighted by Crippen LogP contribution is 2.13. The minimum absolute atomic E-state index is 0.628. The second-order valence-electron chi connectivity index (χ2n) is 2.37. The van der Waals surface area contributed by atoms with Gasteiger partial charge >= 0.3 is 0 Å². The summed E-state index contributed by atoms with van der Waals surface area (Å²) in [6.45, 7) is 4.08. The van der Waals surface area contributed by atoms with E-state index in [4.69, 9.17) is 4.74 Å². The van der Waals surface area contributed by atoms with Crippen molar-refractivity contribution in [3.8, 4) is 0 Å². The molecule has 0 spiro atoms. The van der Waals surface area contributed by atoms with E-state index in [-0.39, 0.29) is 0 Å². The maximum absolute atomic E-state index is 5.02. The van der Waals surface area contributed by atoms with Crippen LogP contribution in [0.5, 0.6) is 0 Å². The van der Waals surface area contributed by atoms with Gasteiger partial charge in [0.25, 0.3) is 0 Å². The van der Waals surface area contributed by atoms with Crippen LogP contribution in [0.25, 0.3) is 0 Å². The van der Waals surface area contributed by atoms with Crippen molar-refractivity contribution < 1.29 is 4.74 Å². The fraction of sp³-hybridized carbons (Fsp3) is 1.00. The molecule has 1 aliphatic rings. The molecule has 0 aromatic heterocycles. The zero-order valence-electron chi connectivity index (χ0n) is 5.48. The first kappa shape index (κ1) is 6.05. The lowest BCUT2D eigenvalue weighted by molar-refractivity contribution is -0.0454. The van der Waals surface area contributed by atoms with E-state index in [9.17, 15) is 0 Å². The Morgan fingerprint density at radius 3 is 2.38 bits per heavy atom. The van der Waals surface area contributed by atoms with Crippen LogP contribution in [0, 0.1) is 5.92 Å². The molecular weight excluding hydrogens is 102 g/mol. The molecule has 2 heteroatoms. The lowest BCUT2D eigenvalue weighted by atomic mass is 10.0. The topological polar surface area (TPSA) is 21.3 Å². The van der Waals surface area contributed by atoms with Gasteiger partial charge in [-0.2, -0.15) is 0 Å². The highest BCUT2D eigenvalue weighted by molar-refractivity contribution is 4.75. The highest BCUT2D eigenvalue weighted by Gasteiger charge is 2.23. The Hall–Kier alpha value is -0.0800. The predicted molar refractivity (Wildman–Crippen MR) is 32.8 cm³/mol. The van der Waals surface area contributed by atoms with Gasteiger partial charge in [0.15, 0.2) is 0 Å². The van der Waals surface area contributed by atoms with E-state index in [0.29, 0.717) is 6.04 Å². The van der Waals surface area contributed by atoms with Crippen molar-refractivity contribution in [1.29, 1.82) is 0 Å². The van der Waals surface area contributed by atoms with Gasteiger partial charge in [0, 0.05) is 12.0 Å². The summed E-state index contributed by atoms with van der Waals surface area (Å²) in [7, 11) is 1.99. The van der Waals surface area contributed by atoms with Gasteiger partial charge in [-0.25, -0.2) is 0 Å². The van der Waals surface area contributed by atoms with Gasteiger partial charge < -0.3 is 10.1 Å². The van der Waals surface area contributed by atoms with Crippen molar-refractivity contribution in [2.24, 2.45) is 5.92 Å². The van der Waals surface area contributed by atoms with Crippen molar-refractivity contribution in [2.45, 2.75) is 13.0 Å². The second-order valence-corrected chi connectivity index (χ2v) is 2.37. The van der Waals surface area contributed by atoms with Crippen LogP contribution in [0.2, 0.25) is 0 Å². The molecular formula is C6H13NO. The van der Waals surface area contributed by atoms with Crippen molar-refractivity contribution >= 4 is 0 Å². The zero-order valence-corrected chi connectivity index (χ0v) is 5.48.